The Hall–Kier alpha value is -2.93. The van der Waals surface area contributed by atoms with E-state index in [4.69, 9.17) is 19.3 Å². The van der Waals surface area contributed by atoms with Gasteiger partial charge in [-0.25, -0.2) is 0 Å². The molecule has 33 heavy (non-hydrogen) atoms. The first-order chi connectivity index (χ1) is 15.8. The molecule has 0 aliphatic rings. The fraction of sp³-hybridized carbons (Fsp3) is 0.500. The first kappa shape index (κ1) is 26.3. The molecule has 0 saturated carbocycles. The predicted octanol–water partition coefficient (Wildman–Crippen LogP) is 4.39. The molecule has 0 saturated heterocycles. The Morgan fingerprint density at radius 3 is 2.33 bits per heavy atom. The van der Waals surface area contributed by atoms with Crippen LogP contribution in [-0.2, 0) is 35.2 Å². The first-order valence-corrected chi connectivity index (χ1v) is 11.3. The molecule has 180 valence electrons. The summed E-state index contributed by atoms with van der Waals surface area (Å²) in [6, 6.07) is 13.7. The van der Waals surface area contributed by atoms with Gasteiger partial charge < -0.3 is 19.3 Å². The highest BCUT2D eigenvalue weighted by Crippen LogP contribution is 2.35. The van der Waals surface area contributed by atoms with Gasteiger partial charge in [-0.2, -0.15) is 0 Å². The van der Waals surface area contributed by atoms with Crippen molar-refractivity contribution < 1.29 is 33.7 Å². The molecular weight excluding hydrogens is 424 g/mol. The van der Waals surface area contributed by atoms with Crippen molar-refractivity contribution in [3.05, 3.63) is 48.0 Å². The molecule has 0 heterocycles. The minimum atomic E-state index is -0.993. The number of fused-ring (bicyclic) bond motifs is 1. The van der Waals surface area contributed by atoms with Crippen molar-refractivity contribution in [2.75, 3.05) is 13.4 Å². The first-order valence-electron chi connectivity index (χ1n) is 11.3. The molecule has 2 rings (SSSR count). The van der Waals surface area contributed by atoms with Crippen LogP contribution in [0.1, 0.15) is 52.5 Å². The Bertz CT molecular complexity index is 949. The second-order valence-corrected chi connectivity index (χ2v) is 8.51. The van der Waals surface area contributed by atoms with Gasteiger partial charge in [0.15, 0.2) is 6.79 Å². The summed E-state index contributed by atoms with van der Waals surface area (Å²) in [7, 11) is 0. The van der Waals surface area contributed by atoms with Gasteiger partial charge >= 0.3 is 17.9 Å². The number of rotatable bonds is 12. The Morgan fingerprint density at radius 1 is 0.970 bits per heavy atom. The van der Waals surface area contributed by atoms with Crippen LogP contribution >= 0.6 is 0 Å². The lowest BCUT2D eigenvalue weighted by atomic mass is 9.76. The number of ether oxygens (including phenoxy) is 3. The van der Waals surface area contributed by atoms with E-state index in [0.717, 1.165) is 16.3 Å². The zero-order valence-corrected chi connectivity index (χ0v) is 19.8. The number of hydrogen-bond acceptors (Lipinski definition) is 7. The molecule has 0 amide bonds. The van der Waals surface area contributed by atoms with E-state index in [9.17, 15) is 14.4 Å². The van der Waals surface area contributed by atoms with Gasteiger partial charge in [-0.3, -0.25) is 14.4 Å². The van der Waals surface area contributed by atoms with E-state index in [1.165, 1.54) is 0 Å². The number of carbonyl (C=O) groups excluding carboxylic acids is 3. The van der Waals surface area contributed by atoms with E-state index in [1.807, 2.05) is 49.4 Å². The van der Waals surface area contributed by atoms with Crippen LogP contribution in [0, 0.1) is 17.3 Å². The van der Waals surface area contributed by atoms with Gasteiger partial charge in [0.2, 0.25) is 0 Å². The fourth-order valence-electron chi connectivity index (χ4n) is 3.90. The lowest BCUT2D eigenvalue weighted by Gasteiger charge is -2.30. The van der Waals surface area contributed by atoms with Gasteiger partial charge in [-0.1, -0.05) is 56.3 Å². The summed E-state index contributed by atoms with van der Waals surface area (Å²) in [4.78, 5) is 37.7. The van der Waals surface area contributed by atoms with Gasteiger partial charge in [0.25, 0.3) is 0 Å². The summed E-state index contributed by atoms with van der Waals surface area (Å²) in [6.07, 6.45) is 0.721. The normalized spacial score (nSPS) is 14.7. The molecule has 3 atom stereocenters. The molecule has 2 aromatic rings. The molecule has 7 heteroatoms. The SMILES string of the molecule is CCOC(=O)C(CC(C)C(=O)OCc1cccc2ccccc12)CC(C)(CC)C(=O)OCO. The highest BCUT2D eigenvalue weighted by Gasteiger charge is 2.39. The van der Waals surface area contributed by atoms with Gasteiger partial charge in [0.05, 0.1) is 23.9 Å². The molecule has 7 nitrogen and oxygen atoms in total. The van der Waals surface area contributed by atoms with Gasteiger partial charge in [-0.15, -0.1) is 0 Å². The van der Waals surface area contributed by atoms with Crippen LogP contribution in [0.5, 0.6) is 0 Å². The maximum absolute atomic E-state index is 12.7. The Morgan fingerprint density at radius 2 is 1.67 bits per heavy atom. The summed E-state index contributed by atoms with van der Waals surface area (Å²) >= 11 is 0. The Labute approximate surface area is 195 Å². The van der Waals surface area contributed by atoms with Crippen molar-refractivity contribution in [2.45, 2.75) is 53.6 Å². The number of hydrogen-bond donors (Lipinski definition) is 1. The summed E-state index contributed by atoms with van der Waals surface area (Å²) < 4.78 is 15.6. The maximum Gasteiger partial charge on any atom is 0.313 e. The van der Waals surface area contributed by atoms with Crippen LogP contribution in [0.3, 0.4) is 0 Å². The van der Waals surface area contributed by atoms with Gasteiger partial charge in [-0.05, 0) is 49.4 Å². The van der Waals surface area contributed by atoms with E-state index < -0.39 is 42.0 Å². The van der Waals surface area contributed by atoms with Gasteiger partial charge in [0, 0.05) is 0 Å². The molecule has 2 aromatic carbocycles. The third-order valence-corrected chi connectivity index (χ3v) is 6.08. The standard InChI is InChI=1S/C26H34O7/c1-5-26(4,25(30)33-17-27)15-21(24(29)31-6-2)14-18(3)23(28)32-16-20-12-9-11-19-10-7-8-13-22(19)20/h7-13,18,21,27H,5-6,14-17H2,1-4H3. The van der Waals surface area contributed by atoms with Gasteiger partial charge in [0.1, 0.15) is 6.61 Å². The zero-order valence-electron chi connectivity index (χ0n) is 19.8. The Balaban J connectivity index is 2.09. The van der Waals surface area contributed by atoms with Crippen LogP contribution in [0.25, 0.3) is 10.8 Å². The average Bonchev–Trinajstić information content (AvgIpc) is 2.82. The van der Waals surface area contributed by atoms with E-state index in [1.54, 1.807) is 20.8 Å². The Kier molecular flexibility index (Phi) is 9.85. The highest BCUT2D eigenvalue weighted by atomic mass is 16.6. The minimum Gasteiger partial charge on any atom is -0.466 e. The fourth-order valence-corrected chi connectivity index (χ4v) is 3.90. The van der Waals surface area contributed by atoms with Crippen LogP contribution in [0.4, 0.5) is 0 Å². The third-order valence-electron chi connectivity index (χ3n) is 6.08. The maximum atomic E-state index is 12.7. The van der Waals surface area contributed by atoms with Crippen LogP contribution in [-0.4, -0.2) is 36.4 Å². The summed E-state index contributed by atoms with van der Waals surface area (Å²) in [5.41, 5.74) is -0.0897. The zero-order chi connectivity index (χ0) is 24.4. The van der Waals surface area contributed by atoms with Crippen molar-refractivity contribution in [3.63, 3.8) is 0 Å². The van der Waals surface area contributed by atoms with E-state index >= 15 is 0 Å². The second-order valence-electron chi connectivity index (χ2n) is 8.51. The lowest BCUT2D eigenvalue weighted by Crippen LogP contribution is -2.35. The highest BCUT2D eigenvalue weighted by molar-refractivity contribution is 5.86. The molecular formula is C26H34O7. The summed E-state index contributed by atoms with van der Waals surface area (Å²) in [6.45, 7) is 6.49. The molecule has 0 bridgehead atoms. The molecule has 0 radical (unpaired) electrons. The van der Waals surface area contributed by atoms with Crippen molar-refractivity contribution >= 4 is 28.7 Å². The monoisotopic (exact) mass is 458 g/mol. The molecule has 0 aliphatic heterocycles. The number of aliphatic hydroxyl groups is 1. The number of esters is 3. The van der Waals surface area contributed by atoms with Crippen molar-refractivity contribution in [1.29, 1.82) is 0 Å². The largest absolute Gasteiger partial charge is 0.466 e. The number of benzene rings is 2. The minimum absolute atomic E-state index is 0.129. The van der Waals surface area contributed by atoms with E-state index in [0.29, 0.717) is 6.42 Å². The third kappa shape index (κ3) is 7.02. The van der Waals surface area contributed by atoms with Crippen LogP contribution in [0.2, 0.25) is 0 Å². The van der Waals surface area contributed by atoms with Crippen LogP contribution < -0.4 is 0 Å². The van der Waals surface area contributed by atoms with Crippen LogP contribution in [0.15, 0.2) is 42.5 Å². The van der Waals surface area contributed by atoms with Crippen molar-refractivity contribution in [2.24, 2.45) is 17.3 Å². The predicted molar refractivity (Wildman–Crippen MR) is 124 cm³/mol. The summed E-state index contributed by atoms with van der Waals surface area (Å²) in [5, 5.41) is 11.0. The quantitative estimate of drug-likeness (QED) is 0.286. The lowest BCUT2D eigenvalue weighted by molar-refractivity contribution is -0.166. The molecule has 1 N–H and O–H groups in total. The smallest absolute Gasteiger partial charge is 0.313 e. The van der Waals surface area contributed by atoms with Crippen molar-refractivity contribution in [3.8, 4) is 0 Å². The molecule has 0 fully saturated rings. The van der Waals surface area contributed by atoms with Crippen molar-refractivity contribution in [1.82, 2.24) is 0 Å². The second kappa shape index (κ2) is 12.3. The topological polar surface area (TPSA) is 99.1 Å². The average molecular weight is 459 g/mol. The molecule has 3 unspecified atom stereocenters. The number of carbonyl (C=O) groups is 3. The molecule has 0 aromatic heterocycles. The van der Waals surface area contributed by atoms with E-state index in [-0.39, 0.29) is 26.1 Å². The number of aliphatic hydroxyl groups excluding tert-OH is 1. The van der Waals surface area contributed by atoms with E-state index in [2.05, 4.69) is 0 Å². The molecule has 0 spiro atoms. The molecule has 0 aliphatic carbocycles. The summed E-state index contributed by atoms with van der Waals surface area (Å²) in [5.74, 6) is -2.75.